The maximum Gasteiger partial charge on any atom is 0.283 e. The summed E-state index contributed by atoms with van der Waals surface area (Å²) in [5.74, 6) is -0.188. The van der Waals surface area contributed by atoms with Gasteiger partial charge in [0.05, 0.1) is 30.2 Å². The van der Waals surface area contributed by atoms with Crippen LogP contribution in [0.1, 0.15) is 35.9 Å². The summed E-state index contributed by atoms with van der Waals surface area (Å²) >= 11 is 0. The molecule has 0 spiro atoms. The Bertz CT molecular complexity index is 1230. The zero-order valence-corrected chi connectivity index (χ0v) is 17.3. The first kappa shape index (κ1) is 21.3. The number of aliphatic hydroxyl groups excluding tert-OH is 1. The summed E-state index contributed by atoms with van der Waals surface area (Å²) in [6.07, 6.45) is 0.700. The van der Waals surface area contributed by atoms with Crippen LogP contribution >= 0.6 is 0 Å². The topological polar surface area (TPSA) is 111 Å². The van der Waals surface area contributed by atoms with Gasteiger partial charge in [-0.25, -0.2) is 4.39 Å². The zero-order chi connectivity index (χ0) is 22.7. The molecule has 2 N–H and O–H groups in total. The molecule has 0 aliphatic rings. The number of amides is 1. The highest BCUT2D eigenvalue weighted by atomic mass is 19.1. The molecule has 9 heteroatoms. The monoisotopic (exact) mass is 437 g/mol. The van der Waals surface area contributed by atoms with Crippen LogP contribution in [0.4, 0.5) is 10.1 Å². The average molecular weight is 437 g/mol. The molecular formula is C23H20FN3O5. The highest BCUT2D eigenvalue weighted by Crippen LogP contribution is 2.29. The molecule has 2 aromatic carbocycles. The molecule has 0 radical (unpaired) electrons. The summed E-state index contributed by atoms with van der Waals surface area (Å²) in [5, 5.41) is 20.3. The van der Waals surface area contributed by atoms with E-state index in [0.29, 0.717) is 29.2 Å². The summed E-state index contributed by atoms with van der Waals surface area (Å²) in [4.78, 5) is 12.9. The molecule has 0 aliphatic heterocycles. The van der Waals surface area contributed by atoms with Crippen molar-refractivity contribution in [3.63, 3.8) is 0 Å². The van der Waals surface area contributed by atoms with E-state index in [1.165, 1.54) is 30.5 Å². The molecule has 0 fully saturated rings. The number of hydrogen-bond donors (Lipinski definition) is 2. The molecule has 1 unspecified atom stereocenters. The molecule has 0 saturated carbocycles. The van der Waals surface area contributed by atoms with Gasteiger partial charge in [0.2, 0.25) is 5.89 Å². The summed E-state index contributed by atoms with van der Waals surface area (Å²) in [7, 11) is 0. The van der Waals surface area contributed by atoms with Crippen LogP contribution in [0.25, 0.3) is 23.1 Å². The van der Waals surface area contributed by atoms with Gasteiger partial charge in [-0.1, -0.05) is 6.07 Å². The van der Waals surface area contributed by atoms with E-state index in [1.54, 1.807) is 38.1 Å². The molecule has 164 valence electrons. The Morgan fingerprint density at radius 3 is 2.72 bits per heavy atom. The second-order valence-corrected chi connectivity index (χ2v) is 6.90. The van der Waals surface area contributed by atoms with E-state index < -0.39 is 17.8 Å². The lowest BCUT2D eigenvalue weighted by atomic mass is 10.0. The van der Waals surface area contributed by atoms with Crippen LogP contribution in [0.3, 0.4) is 0 Å². The van der Waals surface area contributed by atoms with Crippen LogP contribution in [-0.2, 0) is 0 Å². The van der Waals surface area contributed by atoms with Crippen LogP contribution in [-0.4, -0.2) is 27.8 Å². The van der Waals surface area contributed by atoms with Gasteiger partial charge in [0.15, 0.2) is 5.76 Å². The van der Waals surface area contributed by atoms with Crippen LogP contribution in [0.5, 0.6) is 5.75 Å². The number of ether oxygens (including phenoxy) is 1. The highest BCUT2D eigenvalue weighted by Gasteiger charge is 2.19. The summed E-state index contributed by atoms with van der Waals surface area (Å²) in [6.45, 7) is 3.71. The third kappa shape index (κ3) is 4.37. The van der Waals surface area contributed by atoms with E-state index in [9.17, 15) is 14.3 Å². The number of benzene rings is 2. The third-order valence-corrected chi connectivity index (χ3v) is 4.65. The van der Waals surface area contributed by atoms with Crippen molar-refractivity contribution >= 4 is 11.6 Å². The molecule has 2 heterocycles. The van der Waals surface area contributed by atoms with Crippen molar-refractivity contribution in [3.8, 4) is 28.9 Å². The van der Waals surface area contributed by atoms with E-state index in [0.717, 1.165) is 0 Å². The summed E-state index contributed by atoms with van der Waals surface area (Å²) in [6, 6.07) is 12.2. The molecule has 0 aliphatic carbocycles. The van der Waals surface area contributed by atoms with E-state index in [-0.39, 0.29) is 23.0 Å². The number of halogens is 1. The number of hydrogen-bond acceptors (Lipinski definition) is 7. The fraction of sp³-hybridized carbons (Fsp3) is 0.174. The standard InChI is InChI=1S/C23H20FN3O5/c1-3-30-19-9-7-14(13(2)28)11-16(19)21(29)25-18-12-15(6-8-17(18)24)22-26-27-23(32-22)20-5-4-10-31-20/h4-13,28H,3H2,1-2H3,(H,25,29). The first-order valence-corrected chi connectivity index (χ1v) is 9.89. The van der Waals surface area contributed by atoms with Gasteiger partial charge in [-0.05, 0) is 61.9 Å². The predicted molar refractivity (Wildman–Crippen MR) is 114 cm³/mol. The second kappa shape index (κ2) is 9.03. The highest BCUT2D eigenvalue weighted by molar-refractivity contribution is 6.06. The van der Waals surface area contributed by atoms with E-state index >= 15 is 0 Å². The maximum atomic E-state index is 14.5. The smallest absolute Gasteiger partial charge is 0.283 e. The minimum atomic E-state index is -0.779. The van der Waals surface area contributed by atoms with Gasteiger partial charge in [-0.2, -0.15) is 0 Å². The first-order valence-electron chi connectivity index (χ1n) is 9.89. The number of furan rings is 1. The van der Waals surface area contributed by atoms with Crippen molar-refractivity contribution in [2.45, 2.75) is 20.0 Å². The van der Waals surface area contributed by atoms with Crippen LogP contribution in [0.2, 0.25) is 0 Å². The molecule has 4 rings (SSSR count). The molecule has 0 bridgehead atoms. The summed E-state index contributed by atoms with van der Waals surface area (Å²) < 4.78 is 30.8. The lowest BCUT2D eigenvalue weighted by Gasteiger charge is -2.14. The molecule has 4 aromatic rings. The number of aromatic nitrogens is 2. The molecule has 2 aromatic heterocycles. The Hall–Kier alpha value is -3.98. The number of carbonyl (C=O) groups excluding carboxylic acids is 1. The van der Waals surface area contributed by atoms with E-state index in [1.807, 2.05) is 0 Å². The lowest BCUT2D eigenvalue weighted by Crippen LogP contribution is -2.15. The van der Waals surface area contributed by atoms with Gasteiger partial charge in [0.25, 0.3) is 11.8 Å². The maximum absolute atomic E-state index is 14.5. The number of nitrogens with zero attached hydrogens (tertiary/aromatic N) is 2. The minimum absolute atomic E-state index is 0.0739. The molecule has 8 nitrogen and oxygen atoms in total. The number of nitrogens with one attached hydrogen (secondary N) is 1. The summed E-state index contributed by atoms with van der Waals surface area (Å²) in [5.41, 5.74) is 1.04. The Labute approximate surface area is 182 Å². The van der Waals surface area contributed by atoms with Crippen LogP contribution in [0.15, 0.2) is 63.6 Å². The Balaban J connectivity index is 1.63. The van der Waals surface area contributed by atoms with Gasteiger partial charge in [-0.3, -0.25) is 4.79 Å². The largest absolute Gasteiger partial charge is 0.493 e. The molecule has 1 amide bonds. The Morgan fingerprint density at radius 2 is 2.00 bits per heavy atom. The molecule has 32 heavy (non-hydrogen) atoms. The Kier molecular flexibility index (Phi) is 6.00. The van der Waals surface area contributed by atoms with Crippen molar-refractivity contribution < 1.29 is 27.9 Å². The number of anilines is 1. The normalized spacial score (nSPS) is 11.9. The van der Waals surface area contributed by atoms with Crippen molar-refractivity contribution in [1.82, 2.24) is 10.2 Å². The van der Waals surface area contributed by atoms with Gasteiger partial charge in [0, 0.05) is 5.56 Å². The lowest BCUT2D eigenvalue weighted by molar-refractivity contribution is 0.102. The van der Waals surface area contributed by atoms with E-state index in [2.05, 4.69) is 15.5 Å². The number of aliphatic hydroxyl groups is 1. The van der Waals surface area contributed by atoms with Gasteiger partial charge in [0.1, 0.15) is 11.6 Å². The number of carbonyl (C=O) groups is 1. The fourth-order valence-corrected chi connectivity index (χ4v) is 3.05. The van der Waals surface area contributed by atoms with Crippen molar-refractivity contribution in [2.24, 2.45) is 0 Å². The zero-order valence-electron chi connectivity index (χ0n) is 17.3. The predicted octanol–water partition coefficient (Wildman–Crippen LogP) is 4.84. The fourth-order valence-electron chi connectivity index (χ4n) is 3.05. The van der Waals surface area contributed by atoms with Crippen LogP contribution in [0, 0.1) is 5.82 Å². The quantitative estimate of drug-likeness (QED) is 0.426. The van der Waals surface area contributed by atoms with Gasteiger partial charge in [-0.15, -0.1) is 10.2 Å². The average Bonchev–Trinajstić information content (AvgIpc) is 3.47. The van der Waals surface area contributed by atoms with E-state index in [4.69, 9.17) is 13.6 Å². The van der Waals surface area contributed by atoms with Gasteiger partial charge < -0.3 is 24.0 Å². The minimum Gasteiger partial charge on any atom is -0.493 e. The van der Waals surface area contributed by atoms with Crippen molar-refractivity contribution in [1.29, 1.82) is 0 Å². The SMILES string of the molecule is CCOc1ccc(C(C)O)cc1C(=O)Nc1cc(-c2nnc(-c3ccco3)o2)ccc1F. The number of rotatable bonds is 7. The van der Waals surface area contributed by atoms with Crippen molar-refractivity contribution in [3.05, 3.63) is 71.7 Å². The third-order valence-electron chi connectivity index (χ3n) is 4.65. The van der Waals surface area contributed by atoms with Gasteiger partial charge >= 0.3 is 0 Å². The molecular weight excluding hydrogens is 417 g/mol. The van der Waals surface area contributed by atoms with Crippen molar-refractivity contribution in [2.75, 3.05) is 11.9 Å². The molecule has 0 saturated heterocycles. The Morgan fingerprint density at radius 1 is 1.19 bits per heavy atom. The second-order valence-electron chi connectivity index (χ2n) is 6.90. The molecule has 1 atom stereocenters. The first-order chi connectivity index (χ1) is 15.5. The van der Waals surface area contributed by atoms with Crippen LogP contribution < -0.4 is 10.1 Å².